The lowest BCUT2D eigenvalue weighted by Gasteiger charge is -2.17. The van der Waals surface area contributed by atoms with E-state index < -0.39 is 0 Å². The van der Waals surface area contributed by atoms with Crippen molar-refractivity contribution in [3.05, 3.63) is 67.6 Å². The zero-order valence-electron chi connectivity index (χ0n) is 16.5. The van der Waals surface area contributed by atoms with Crippen molar-refractivity contribution in [2.75, 3.05) is 7.05 Å². The number of aryl methyl sites for hydroxylation is 3. The highest BCUT2D eigenvalue weighted by molar-refractivity contribution is 9.10. The molecular weight excluding hydrogens is 438 g/mol. The van der Waals surface area contributed by atoms with Gasteiger partial charge in [0.15, 0.2) is 0 Å². The Morgan fingerprint density at radius 3 is 2.64 bits per heavy atom. The first-order chi connectivity index (χ1) is 13.4. The number of rotatable bonds is 7. The van der Waals surface area contributed by atoms with Gasteiger partial charge in [-0.1, -0.05) is 6.07 Å². The Bertz CT molecular complexity index is 960. The Morgan fingerprint density at radius 1 is 1.25 bits per heavy atom. The van der Waals surface area contributed by atoms with Gasteiger partial charge in [0, 0.05) is 19.2 Å². The monoisotopic (exact) mass is 461 g/mol. The second-order valence-electron chi connectivity index (χ2n) is 6.85. The van der Waals surface area contributed by atoms with Crippen LogP contribution >= 0.6 is 27.3 Å². The molecule has 148 valence electrons. The molecule has 0 saturated heterocycles. The molecule has 1 aromatic carbocycles. The van der Waals surface area contributed by atoms with Crippen molar-refractivity contribution in [3.63, 3.8) is 0 Å². The molecule has 0 aliphatic heterocycles. The molecule has 5 nitrogen and oxygen atoms in total. The first-order valence-electron chi connectivity index (χ1n) is 9.11. The molecule has 0 unspecified atom stereocenters. The number of halogens is 1. The van der Waals surface area contributed by atoms with E-state index in [0.717, 1.165) is 28.0 Å². The maximum absolute atomic E-state index is 12.8. The Balaban J connectivity index is 1.63. The molecule has 2 heterocycles. The van der Waals surface area contributed by atoms with Gasteiger partial charge in [-0.2, -0.15) is 5.10 Å². The van der Waals surface area contributed by atoms with E-state index in [1.807, 2.05) is 42.2 Å². The number of thiophene rings is 1. The molecule has 28 heavy (non-hydrogen) atoms. The zero-order chi connectivity index (χ0) is 20.3. The van der Waals surface area contributed by atoms with Crippen LogP contribution in [0, 0.1) is 13.8 Å². The first-order valence-corrected chi connectivity index (χ1v) is 10.8. The van der Waals surface area contributed by atoms with Gasteiger partial charge in [-0.25, -0.2) is 0 Å². The highest BCUT2D eigenvalue weighted by Gasteiger charge is 2.18. The molecule has 3 rings (SSSR count). The average Bonchev–Trinajstić information content (AvgIpc) is 3.26. The Morgan fingerprint density at radius 2 is 1.96 bits per heavy atom. The second kappa shape index (κ2) is 8.92. The number of hydrogen-bond donors (Lipinski definition) is 0. The van der Waals surface area contributed by atoms with E-state index in [2.05, 4.69) is 40.9 Å². The fourth-order valence-electron chi connectivity index (χ4n) is 3.05. The van der Waals surface area contributed by atoms with Crippen LogP contribution in [-0.4, -0.2) is 27.6 Å². The number of ether oxygens (including phenoxy) is 1. The third-order valence-electron chi connectivity index (χ3n) is 4.40. The van der Waals surface area contributed by atoms with Crippen LogP contribution in [0.5, 0.6) is 5.75 Å². The van der Waals surface area contributed by atoms with Crippen LogP contribution in [0.2, 0.25) is 0 Å². The summed E-state index contributed by atoms with van der Waals surface area (Å²) in [5.41, 5.74) is 4.35. The summed E-state index contributed by atoms with van der Waals surface area (Å²) >= 11 is 4.96. The van der Waals surface area contributed by atoms with Crippen LogP contribution in [0.3, 0.4) is 0 Å². The van der Waals surface area contributed by atoms with Crippen molar-refractivity contribution < 1.29 is 9.53 Å². The standard InChI is InChI=1S/C21H24BrN3O2S/c1-5-25-19(18(22)10-23-25)11-24(4)21(26)20-9-16(13-28-20)12-27-17-7-14(2)6-15(3)8-17/h6-10,13H,5,11-12H2,1-4H3. The zero-order valence-corrected chi connectivity index (χ0v) is 18.9. The predicted molar refractivity (Wildman–Crippen MR) is 116 cm³/mol. The summed E-state index contributed by atoms with van der Waals surface area (Å²) in [6.45, 7) is 7.86. The number of amides is 1. The minimum absolute atomic E-state index is 0.00148. The lowest BCUT2D eigenvalue weighted by molar-refractivity contribution is 0.0786. The van der Waals surface area contributed by atoms with Crippen LogP contribution in [0.4, 0.5) is 0 Å². The van der Waals surface area contributed by atoms with Crippen molar-refractivity contribution in [1.29, 1.82) is 0 Å². The number of nitrogens with zero attached hydrogens (tertiary/aromatic N) is 3. The molecule has 0 radical (unpaired) electrons. The van der Waals surface area contributed by atoms with E-state index in [1.54, 1.807) is 11.1 Å². The van der Waals surface area contributed by atoms with Crippen LogP contribution in [0.1, 0.15) is 39.0 Å². The van der Waals surface area contributed by atoms with Gasteiger partial charge in [0.05, 0.1) is 27.8 Å². The Hall–Kier alpha value is -2.12. The van der Waals surface area contributed by atoms with Gasteiger partial charge < -0.3 is 9.64 Å². The number of carbonyl (C=O) groups is 1. The summed E-state index contributed by atoms with van der Waals surface area (Å²) in [5, 5.41) is 6.29. The van der Waals surface area contributed by atoms with E-state index in [-0.39, 0.29) is 5.91 Å². The molecule has 7 heteroatoms. The Kier molecular flexibility index (Phi) is 6.57. The summed E-state index contributed by atoms with van der Waals surface area (Å²) in [7, 11) is 1.81. The lowest BCUT2D eigenvalue weighted by Crippen LogP contribution is -2.27. The van der Waals surface area contributed by atoms with E-state index in [4.69, 9.17) is 4.74 Å². The van der Waals surface area contributed by atoms with Gasteiger partial charge in [0.2, 0.25) is 0 Å². The van der Waals surface area contributed by atoms with E-state index >= 15 is 0 Å². The normalized spacial score (nSPS) is 10.9. The highest BCUT2D eigenvalue weighted by Crippen LogP contribution is 2.23. The minimum atomic E-state index is -0.00148. The van der Waals surface area contributed by atoms with Crippen molar-refractivity contribution in [3.8, 4) is 5.75 Å². The van der Waals surface area contributed by atoms with Gasteiger partial charge in [-0.05, 0) is 71.4 Å². The van der Waals surface area contributed by atoms with Crippen molar-refractivity contribution >= 4 is 33.2 Å². The average molecular weight is 462 g/mol. The van der Waals surface area contributed by atoms with Gasteiger partial charge in [-0.3, -0.25) is 9.48 Å². The van der Waals surface area contributed by atoms with Crippen LogP contribution in [-0.2, 0) is 19.7 Å². The number of carbonyl (C=O) groups excluding carboxylic acids is 1. The maximum Gasteiger partial charge on any atom is 0.264 e. The van der Waals surface area contributed by atoms with E-state index in [0.29, 0.717) is 18.0 Å². The molecule has 0 N–H and O–H groups in total. The first kappa shape index (κ1) is 20.6. The largest absolute Gasteiger partial charge is 0.489 e. The van der Waals surface area contributed by atoms with Crippen molar-refractivity contribution in [2.45, 2.75) is 40.5 Å². The smallest absolute Gasteiger partial charge is 0.264 e. The lowest BCUT2D eigenvalue weighted by atomic mass is 10.1. The van der Waals surface area contributed by atoms with Crippen LogP contribution in [0.15, 0.2) is 40.3 Å². The molecule has 2 aromatic heterocycles. The predicted octanol–water partition coefficient (Wildman–Crippen LogP) is 5.20. The summed E-state index contributed by atoms with van der Waals surface area (Å²) in [5.74, 6) is 0.852. The van der Waals surface area contributed by atoms with Crippen LogP contribution in [0.25, 0.3) is 0 Å². The fourth-order valence-corrected chi connectivity index (χ4v) is 4.36. The highest BCUT2D eigenvalue weighted by atomic mass is 79.9. The van der Waals surface area contributed by atoms with Gasteiger partial charge in [-0.15, -0.1) is 11.3 Å². The molecular formula is C21H24BrN3O2S. The van der Waals surface area contributed by atoms with Gasteiger partial charge >= 0.3 is 0 Å². The number of aromatic nitrogens is 2. The van der Waals surface area contributed by atoms with Gasteiger partial charge in [0.25, 0.3) is 5.91 Å². The molecule has 0 aliphatic carbocycles. The van der Waals surface area contributed by atoms with Gasteiger partial charge in [0.1, 0.15) is 12.4 Å². The maximum atomic E-state index is 12.8. The molecule has 3 aromatic rings. The minimum Gasteiger partial charge on any atom is -0.489 e. The summed E-state index contributed by atoms with van der Waals surface area (Å²) in [4.78, 5) is 15.2. The van der Waals surface area contributed by atoms with E-state index in [1.165, 1.54) is 22.5 Å². The topological polar surface area (TPSA) is 47.4 Å². The van der Waals surface area contributed by atoms with Crippen molar-refractivity contribution in [2.24, 2.45) is 0 Å². The van der Waals surface area contributed by atoms with E-state index in [9.17, 15) is 4.79 Å². The Labute approximate surface area is 178 Å². The molecule has 1 amide bonds. The second-order valence-corrected chi connectivity index (χ2v) is 8.61. The molecule has 0 aliphatic rings. The van der Waals surface area contributed by atoms with Crippen LogP contribution < -0.4 is 4.74 Å². The SMILES string of the molecule is CCn1ncc(Br)c1CN(C)C(=O)c1cc(COc2cc(C)cc(C)c2)cs1. The fraction of sp³-hybridized carbons (Fsp3) is 0.333. The molecule has 0 fully saturated rings. The summed E-state index contributed by atoms with van der Waals surface area (Å²) in [6, 6.07) is 8.08. The third kappa shape index (κ3) is 4.83. The third-order valence-corrected chi connectivity index (χ3v) is 6.03. The molecule has 0 atom stereocenters. The quantitative estimate of drug-likeness (QED) is 0.485. The summed E-state index contributed by atoms with van der Waals surface area (Å²) in [6.07, 6.45) is 1.77. The number of benzene rings is 1. The molecule has 0 spiro atoms. The molecule has 0 bridgehead atoms. The molecule has 0 saturated carbocycles. The van der Waals surface area contributed by atoms with Crippen molar-refractivity contribution in [1.82, 2.24) is 14.7 Å². The number of hydrogen-bond acceptors (Lipinski definition) is 4. The summed E-state index contributed by atoms with van der Waals surface area (Å²) < 4.78 is 8.72.